The SMILES string of the molecule is c1ccc2c(c1)oc1cc(-n3c4ccccc4c4ccccc43)ccc1n1c3ccccc3c3cc(-n4c5ccccc5c5ccccc54)cc2c31. The molecule has 0 spiro atoms. The first-order valence-electron chi connectivity index (χ1n) is 17.8. The van der Waals surface area contributed by atoms with Crippen molar-refractivity contribution in [3.05, 3.63) is 176 Å². The first-order valence-corrected chi connectivity index (χ1v) is 17.8. The molecule has 4 nitrogen and oxygen atoms in total. The molecule has 0 bridgehead atoms. The van der Waals surface area contributed by atoms with Crippen molar-refractivity contribution < 1.29 is 4.42 Å². The largest absolute Gasteiger partial charge is 0.454 e. The van der Waals surface area contributed by atoms with Crippen molar-refractivity contribution in [2.45, 2.75) is 0 Å². The van der Waals surface area contributed by atoms with Gasteiger partial charge in [-0.15, -0.1) is 0 Å². The molecule has 4 heterocycles. The molecular formula is C48H29N3O. The average Bonchev–Trinajstić information content (AvgIpc) is 3.83. The van der Waals surface area contributed by atoms with Gasteiger partial charge < -0.3 is 18.0 Å². The highest BCUT2D eigenvalue weighted by molar-refractivity contribution is 6.21. The number of para-hydroxylation sites is 6. The number of rotatable bonds is 2. The van der Waals surface area contributed by atoms with Crippen molar-refractivity contribution in [3.63, 3.8) is 0 Å². The van der Waals surface area contributed by atoms with Crippen LogP contribution in [0.25, 0.3) is 104 Å². The van der Waals surface area contributed by atoms with Crippen molar-refractivity contribution in [2.75, 3.05) is 0 Å². The van der Waals surface area contributed by atoms with Gasteiger partial charge in [0.1, 0.15) is 5.58 Å². The highest BCUT2D eigenvalue weighted by Crippen LogP contribution is 2.41. The minimum Gasteiger partial charge on any atom is -0.454 e. The maximum Gasteiger partial charge on any atom is 0.153 e. The standard InChI is InChI=1S/C48H29N3O/c1-7-19-40-32(13-1)33-14-2-8-20-41(33)49(40)30-25-26-45-47(29-30)52-46-24-12-6-18-37(46)39-28-31(27-38-36-17-5-11-23-44(36)51(45)48(38)39)50-42-21-9-3-15-34(42)35-16-4-10-22-43(35)50/h1-29H. The van der Waals surface area contributed by atoms with Crippen molar-refractivity contribution in [1.29, 1.82) is 0 Å². The summed E-state index contributed by atoms with van der Waals surface area (Å²) in [4.78, 5) is 0. The molecule has 0 aliphatic heterocycles. The summed E-state index contributed by atoms with van der Waals surface area (Å²) in [7, 11) is 0. The summed E-state index contributed by atoms with van der Waals surface area (Å²) in [5.74, 6) is 0. The van der Waals surface area contributed by atoms with Crippen LogP contribution in [0.3, 0.4) is 0 Å². The Kier molecular flexibility index (Phi) is 5.47. The molecule has 0 amide bonds. The van der Waals surface area contributed by atoms with E-state index in [1.165, 1.54) is 59.9 Å². The third-order valence-electron chi connectivity index (χ3n) is 11.0. The summed E-state index contributed by atoms with van der Waals surface area (Å²) in [5, 5.41) is 9.59. The predicted molar refractivity (Wildman–Crippen MR) is 217 cm³/mol. The van der Waals surface area contributed by atoms with Crippen LogP contribution < -0.4 is 0 Å². The number of fused-ring (bicyclic) bond motifs is 13. The quantitative estimate of drug-likeness (QED) is 0.181. The van der Waals surface area contributed by atoms with Gasteiger partial charge >= 0.3 is 0 Å². The second-order valence-corrected chi connectivity index (χ2v) is 13.7. The first kappa shape index (κ1) is 27.7. The molecule has 0 aliphatic carbocycles. The number of benzene rings is 8. The lowest BCUT2D eigenvalue weighted by atomic mass is 10.1. The Morgan fingerprint density at radius 2 is 0.712 bits per heavy atom. The second-order valence-electron chi connectivity index (χ2n) is 13.7. The molecule has 4 aromatic heterocycles. The van der Waals surface area contributed by atoms with Crippen LogP contribution in [0.5, 0.6) is 0 Å². The highest BCUT2D eigenvalue weighted by Gasteiger charge is 2.20. The molecule has 12 aromatic rings. The third kappa shape index (κ3) is 3.65. The van der Waals surface area contributed by atoms with E-state index in [4.69, 9.17) is 4.42 Å². The average molecular weight is 664 g/mol. The van der Waals surface area contributed by atoms with Crippen LogP contribution in [0.2, 0.25) is 0 Å². The van der Waals surface area contributed by atoms with Gasteiger partial charge in [-0.25, -0.2) is 0 Å². The lowest BCUT2D eigenvalue weighted by Crippen LogP contribution is -1.96. The number of hydrogen-bond acceptors (Lipinski definition) is 1. The van der Waals surface area contributed by atoms with E-state index in [1.54, 1.807) is 0 Å². The lowest BCUT2D eigenvalue weighted by Gasteiger charge is -2.13. The molecule has 4 heteroatoms. The smallest absolute Gasteiger partial charge is 0.153 e. The fraction of sp³-hybridized carbons (Fsp3) is 0. The maximum atomic E-state index is 7.08. The molecule has 0 unspecified atom stereocenters. The summed E-state index contributed by atoms with van der Waals surface area (Å²) in [6, 6.07) is 63.4. The topological polar surface area (TPSA) is 27.4 Å². The second kappa shape index (κ2) is 10.3. The highest BCUT2D eigenvalue weighted by atomic mass is 16.3. The maximum absolute atomic E-state index is 7.08. The fourth-order valence-electron chi connectivity index (χ4n) is 8.87. The fourth-order valence-corrected chi connectivity index (χ4v) is 8.87. The van der Waals surface area contributed by atoms with Gasteiger partial charge in [-0.2, -0.15) is 0 Å². The van der Waals surface area contributed by atoms with E-state index < -0.39 is 0 Å². The van der Waals surface area contributed by atoms with Gasteiger partial charge in [0.25, 0.3) is 0 Å². The van der Waals surface area contributed by atoms with E-state index in [2.05, 4.69) is 189 Å². The monoisotopic (exact) mass is 663 g/mol. The summed E-state index contributed by atoms with van der Waals surface area (Å²) < 4.78 is 14.3. The molecule has 0 aliphatic rings. The van der Waals surface area contributed by atoms with Crippen LogP contribution in [0, 0.1) is 0 Å². The molecule has 0 saturated carbocycles. The molecule has 0 fully saturated rings. The molecular weight excluding hydrogens is 635 g/mol. The Balaban J connectivity index is 1.26. The van der Waals surface area contributed by atoms with Crippen molar-refractivity contribution in [1.82, 2.24) is 13.5 Å². The van der Waals surface area contributed by atoms with Crippen molar-refractivity contribution in [2.24, 2.45) is 0 Å². The van der Waals surface area contributed by atoms with Crippen LogP contribution in [0.4, 0.5) is 0 Å². The third-order valence-corrected chi connectivity index (χ3v) is 11.0. The minimum atomic E-state index is 0.812. The number of aromatic nitrogens is 3. The van der Waals surface area contributed by atoms with Crippen molar-refractivity contribution >= 4 is 92.9 Å². The van der Waals surface area contributed by atoms with Crippen LogP contribution in [0.1, 0.15) is 0 Å². The van der Waals surface area contributed by atoms with Crippen LogP contribution >= 0.6 is 0 Å². The zero-order valence-electron chi connectivity index (χ0n) is 28.0. The van der Waals surface area contributed by atoms with Gasteiger partial charge in [-0.3, -0.25) is 0 Å². The Hall–Kier alpha value is -7.04. The summed E-state index contributed by atoms with van der Waals surface area (Å²) in [6.45, 7) is 0. The normalized spacial score (nSPS) is 12.2. The molecule has 0 radical (unpaired) electrons. The van der Waals surface area contributed by atoms with E-state index in [1.807, 2.05) is 0 Å². The molecule has 12 rings (SSSR count). The Morgan fingerprint density at radius 3 is 1.27 bits per heavy atom. The van der Waals surface area contributed by atoms with Gasteiger partial charge in [-0.05, 0) is 60.7 Å². The van der Waals surface area contributed by atoms with Gasteiger partial charge in [-0.1, -0.05) is 109 Å². The van der Waals surface area contributed by atoms with Gasteiger partial charge in [0, 0.05) is 54.8 Å². The van der Waals surface area contributed by atoms with Crippen LogP contribution in [-0.2, 0) is 0 Å². The zero-order chi connectivity index (χ0) is 33.9. The minimum absolute atomic E-state index is 0.812. The zero-order valence-corrected chi connectivity index (χ0v) is 28.0. The molecule has 52 heavy (non-hydrogen) atoms. The predicted octanol–water partition coefficient (Wildman–Crippen LogP) is 12.9. The number of nitrogens with zero attached hydrogens (tertiary/aromatic N) is 3. The first-order chi connectivity index (χ1) is 25.8. The Bertz CT molecular complexity index is 3370. The van der Waals surface area contributed by atoms with Crippen molar-refractivity contribution in [3.8, 4) is 11.4 Å². The molecule has 8 aromatic carbocycles. The number of hydrogen-bond donors (Lipinski definition) is 0. The van der Waals surface area contributed by atoms with Gasteiger partial charge in [0.2, 0.25) is 0 Å². The van der Waals surface area contributed by atoms with E-state index in [0.29, 0.717) is 0 Å². The molecule has 0 N–H and O–H groups in total. The molecule has 0 saturated heterocycles. The molecule has 242 valence electrons. The summed E-state index contributed by atoms with van der Waals surface area (Å²) >= 11 is 0. The van der Waals surface area contributed by atoms with Gasteiger partial charge in [0.05, 0.1) is 44.3 Å². The molecule has 0 atom stereocenters. The van der Waals surface area contributed by atoms with Crippen LogP contribution in [0.15, 0.2) is 180 Å². The Morgan fingerprint density at radius 1 is 0.288 bits per heavy atom. The Labute approximate surface area is 297 Å². The van der Waals surface area contributed by atoms with E-state index in [0.717, 1.165) is 44.3 Å². The van der Waals surface area contributed by atoms with Crippen LogP contribution in [-0.4, -0.2) is 13.5 Å². The summed E-state index contributed by atoms with van der Waals surface area (Å²) in [6.07, 6.45) is 0. The van der Waals surface area contributed by atoms with E-state index >= 15 is 0 Å². The lowest BCUT2D eigenvalue weighted by molar-refractivity contribution is 0.661. The van der Waals surface area contributed by atoms with Gasteiger partial charge in [0.15, 0.2) is 5.58 Å². The van der Waals surface area contributed by atoms with E-state index in [9.17, 15) is 0 Å². The van der Waals surface area contributed by atoms with E-state index in [-0.39, 0.29) is 0 Å². The summed E-state index contributed by atoms with van der Waals surface area (Å²) in [5.41, 5.74) is 11.9.